The van der Waals surface area contributed by atoms with Crippen molar-refractivity contribution >= 4 is 46.7 Å². The van der Waals surface area contributed by atoms with Gasteiger partial charge >= 0.3 is 0 Å². The minimum atomic E-state index is -0.273. The van der Waals surface area contributed by atoms with E-state index in [1.54, 1.807) is 17.7 Å². The Kier molecular flexibility index (Phi) is 5.75. The fourth-order valence-corrected chi connectivity index (χ4v) is 3.26. The van der Waals surface area contributed by atoms with E-state index in [-0.39, 0.29) is 22.5 Å². The molecule has 0 bridgehead atoms. The lowest BCUT2D eigenvalue weighted by atomic mass is 10.2. The Labute approximate surface area is 164 Å². The van der Waals surface area contributed by atoms with E-state index in [4.69, 9.17) is 23.2 Å². The molecule has 2 aromatic heterocycles. The van der Waals surface area contributed by atoms with Crippen LogP contribution in [0.2, 0.25) is 10.0 Å². The first-order valence-electron chi connectivity index (χ1n) is 7.55. The van der Waals surface area contributed by atoms with Gasteiger partial charge in [0.15, 0.2) is 5.82 Å². The minimum Gasteiger partial charge on any atom is -0.309 e. The van der Waals surface area contributed by atoms with Crippen LogP contribution in [0, 0.1) is 13.8 Å². The van der Waals surface area contributed by atoms with Crippen molar-refractivity contribution in [3.63, 3.8) is 0 Å². The molecular weight excluding hydrogens is 395 g/mol. The van der Waals surface area contributed by atoms with Crippen molar-refractivity contribution < 1.29 is 4.79 Å². The Balaban J connectivity index is 1.69. The molecule has 0 aliphatic carbocycles. The second-order valence-electron chi connectivity index (χ2n) is 5.38. The van der Waals surface area contributed by atoms with Gasteiger partial charge in [-0.1, -0.05) is 53.2 Å². The van der Waals surface area contributed by atoms with Gasteiger partial charge in [-0.2, -0.15) is 4.68 Å². The van der Waals surface area contributed by atoms with E-state index >= 15 is 0 Å². The Morgan fingerprint density at radius 1 is 1.23 bits per heavy atom. The number of hydrogen-bond donors (Lipinski definition) is 1. The van der Waals surface area contributed by atoms with Crippen molar-refractivity contribution in [1.29, 1.82) is 0 Å². The highest BCUT2D eigenvalue weighted by molar-refractivity contribution is 7.99. The van der Waals surface area contributed by atoms with Crippen molar-refractivity contribution in [3.8, 4) is 5.69 Å². The van der Waals surface area contributed by atoms with Gasteiger partial charge in [-0.05, 0) is 42.0 Å². The van der Waals surface area contributed by atoms with Crippen LogP contribution in [0.5, 0.6) is 0 Å². The van der Waals surface area contributed by atoms with Crippen LogP contribution in [0.1, 0.15) is 11.3 Å². The molecule has 26 heavy (non-hydrogen) atoms. The van der Waals surface area contributed by atoms with Gasteiger partial charge < -0.3 is 5.32 Å². The van der Waals surface area contributed by atoms with E-state index < -0.39 is 0 Å². The number of nitrogens with zero attached hydrogens (tertiary/aromatic N) is 5. The number of thioether (sulfide) groups is 1. The number of hydrogen-bond acceptors (Lipinski definition) is 6. The number of nitrogens with one attached hydrogen (secondary N) is 1. The van der Waals surface area contributed by atoms with Gasteiger partial charge in [0.1, 0.15) is 0 Å². The summed E-state index contributed by atoms with van der Waals surface area (Å²) in [6.45, 7) is 3.70. The van der Waals surface area contributed by atoms with Crippen LogP contribution in [-0.2, 0) is 4.79 Å². The van der Waals surface area contributed by atoms with Crippen molar-refractivity contribution in [2.75, 3.05) is 11.1 Å². The molecule has 10 heteroatoms. The molecular formula is C16H14Cl2N6OS. The summed E-state index contributed by atoms with van der Waals surface area (Å²) in [5.41, 5.74) is 2.47. The molecule has 0 unspecified atom stereocenters. The topological polar surface area (TPSA) is 85.6 Å². The molecule has 1 aromatic carbocycles. The standard InChI is InChI=1S/C16H14Cl2N6OS/c1-9-5-3-4-6-13(9)24-16(21-22-23-24)26-8-14(25)20-15-12(18)7-11(17)10(2)19-15/h3-7H,8H2,1-2H3,(H,19,20,25). The van der Waals surface area contributed by atoms with Crippen LogP contribution in [0.25, 0.3) is 5.69 Å². The number of anilines is 1. The Bertz CT molecular complexity index is 962. The summed E-state index contributed by atoms with van der Waals surface area (Å²) in [7, 11) is 0. The SMILES string of the molecule is Cc1ccccc1-n1nnnc1SCC(=O)Nc1nc(C)c(Cl)cc1Cl. The summed E-state index contributed by atoms with van der Waals surface area (Å²) < 4.78 is 1.60. The molecule has 2 heterocycles. The van der Waals surface area contributed by atoms with Gasteiger partial charge in [0.05, 0.1) is 27.2 Å². The number of carbonyl (C=O) groups excluding carboxylic acids is 1. The van der Waals surface area contributed by atoms with Gasteiger partial charge in [-0.15, -0.1) is 5.10 Å². The molecule has 3 aromatic rings. The van der Waals surface area contributed by atoms with Crippen LogP contribution in [0.3, 0.4) is 0 Å². The molecule has 3 rings (SSSR count). The first-order valence-corrected chi connectivity index (χ1v) is 9.29. The molecule has 1 N–H and O–H groups in total. The van der Waals surface area contributed by atoms with Crippen LogP contribution < -0.4 is 5.32 Å². The van der Waals surface area contributed by atoms with E-state index in [1.807, 2.05) is 31.2 Å². The molecule has 0 aliphatic heterocycles. The summed E-state index contributed by atoms with van der Waals surface area (Å²) in [5, 5.41) is 15.6. The van der Waals surface area contributed by atoms with E-state index in [2.05, 4.69) is 25.8 Å². The zero-order valence-electron chi connectivity index (χ0n) is 13.9. The first-order chi connectivity index (χ1) is 12.5. The smallest absolute Gasteiger partial charge is 0.236 e. The fraction of sp³-hybridized carbons (Fsp3) is 0.188. The maximum atomic E-state index is 12.2. The van der Waals surface area contributed by atoms with Crippen molar-refractivity contribution in [3.05, 3.63) is 51.6 Å². The molecule has 7 nitrogen and oxygen atoms in total. The molecule has 0 atom stereocenters. The maximum absolute atomic E-state index is 12.2. The van der Waals surface area contributed by atoms with Gasteiger partial charge in [-0.3, -0.25) is 4.79 Å². The van der Waals surface area contributed by atoms with Crippen LogP contribution in [0.4, 0.5) is 5.82 Å². The Hall–Kier alpha value is -2.16. The first kappa shape index (κ1) is 18.6. The van der Waals surface area contributed by atoms with Crippen molar-refractivity contribution in [1.82, 2.24) is 25.2 Å². The number of aromatic nitrogens is 5. The van der Waals surface area contributed by atoms with E-state index in [0.29, 0.717) is 15.9 Å². The number of rotatable bonds is 5. The lowest BCUT2D eigenvalue weighted by Gasteiger charge is -2.09. The molecule has 0 radical (unpaired) electrons. The molecule has 0 fully saturated rings. The third-order valence-corrected chi connectivity index (χ3v) is 5.07. The minimum absolute atomic E-state index is 0.103. The predicted molar refractivity (Wildman–Crippen MR) is 102 cm³/mol. The highest BCUT2D eigenvalue weighted by Gasteiger charge is 2.14. The number of halogens is 2. The highest BCUT2D eigenvalue weighted by Crippen LogP contribution is 2.26. The number of carbonyl (C=O) groups is 1. The largest absolute Gasteiger partial charge is 0.309 e. The quantitative estimate of drug-likeness (QED) is 0.647. The Morgan fingerprint density at radius 2 is 2.00 bits per heavy atom. The maximum Gasteiger partial charge on any atom is 0.236 e. The van der Waals surface area contributed by atoms with Crippen LogP contribution in [-0.4, -0.2) is 36.9 Å². The van der Waals surface area contributed by atoms with Gasteiger partial charge in [0.2, 0.25) is 11.1 Å². The zero-order valence-corrected chi connectivity index (χ0v) is 16.2. The number of benzene rings is 1. The molecule has 0 saturated carbocycles. The Morgan fingerprint density at radius 3 is 2.77 bits per heavy atom. The number of pyridine rings is 1. The molecule has 0 saturated heterocycles. The van der Waals surface area contributed by atoms with E-state index in [9.17, 15) is 4.79 Å². The number of aryl methyl sites for hydroxylation is 2. The molecule has 0 aliphatic rings. The average Bonchev–Trinajstić information content (AvgIpc) is 3.06. The van der Waals surface area contributed by atoms with E-state index in [1.165, 1.54) is 11.8 Å². The third kappa shape index (κ3) is 4.14. The summed E-state index contributed by atoms with van der Waals surface area (Å²) >= 11 is 13.2. The number of para-hydroxylation sites is 1. The van der Waals surface area contributed by atoms with Crippen molar-refractivity contribution in [2.24, 2.45) is 0 Å². The highest BCUT2D eigenvalue weighted by atomic mass is 35.5. The van der Waals surface area contributed by atoms with Crippen LogP contribution in [0.15, 0.2) is 35.5 Å². The van der Waals surface area contributed by atoms with E-state index in [0.717, 1.165) is 11.3 Å². The molecule has 134 valence electrons. The summed E-state index contributed by atoms with van der Waals surface area (Å²) in [5.74, 6) is 0.106. The summed E-state index contributed by atoms with van der Waals surface area (Å²) in [4.78, 5) is 16.4. The zero-order chi connectivity index (χ0) is 18.7. The predicted octanol–water partition coefficient (Wildman–Crippen LogP) is 3.71. The number of tetrazole rings is 1. The normalized spacial score (nSPS) is 10.8. The second-order valence-corrected chi connectivity index (χ2v) is 7.14. The van der Waals surface area contributed by atoms with Crippen LogP contribution >= 0.6 is 35.0 Å². The molecule has 0 spiro atoms. The number of amides is 1. The third-order valence-electron chi connectivity index (χ3n) is 3.48. The van der Waals surface area contributed by atoms with Gasteiger partial charge in [-0.25, -0.2) is 4.98 Å². The second kappa shape index (κ2) is 8.03. The monoisotopic (exact) mass is 408 g/mol. The van der Waals surface area contributed by atoms with Crippen molar-refractivity contribution in [2.45, 2.75) is 19.0 Å². The summed E-state index contributed by atoms with van der Waals surface area (Å²) in [6.07, 6.45) is 0. The summed E-state index contributed by atoms with van der Waals surface area (Å²) in [6, 6.07) is 9.27. The van der Waals surface area contributed by atoms with Gasteiger partial charge in [0.25, 0.3) is 0 Å². The molecule has 1 amide bonds. The van der Waals surface area contributed by atoms with Gasteiger partial charge in [0, 0.05) is 0 Å². The lowest BCUT2D eigenvalue weighted by Crippen LogP contribution is -2.16. The fourth-order valence-electron chi connectivity index (χ4n) is 2.17. The average molecular weight is 409 g/mol. The lowest BCUT2D eigenvalue weighted by molar-refractivity contribution is -0.113.